The maximum absolute atomic E-state index is 11.3. The van der Waals surface area contributed by atoms with Gasteiger partial charge in [0.1, 0.15) is 5.75 Å². The van der Waals surface area contributed by atoms with Gasteiger partial charge in [-0.05, 0) is 43.7 Å². The van der Waals surface area contributed by atoms with Gasteiger partial charge in [0, 0.05) is 11.6 Å². The summed E-state index contributed by atoms with van der Waals surface area (Å²) in [6.07, 6.45) is 0. The number of nitro groups is 1. The zero-order chi connectivity index (χ0) is 15.6. The first-order valence-corrected chi connectivity index (χ1v) is 6.49. The first-order chi connectivity index (χ1) is 9.88. The molecule has 0 bridgehead atoms. The lowest BCUT2D eigenvalue weighted by atomic mass is 10.1. The predicted molar refractivity (Wildman–Crippen MR) is 79.4 cm³/mol. The van der Waals surface area contributed by atoms with Crippen molar-refractivity contribution in [2.75, 3.05) is 0 Å². The fraction of sp³-hybridized carbons (Fsp3) is 0.133. The molecule has 2 aromatic carbocycles. The molecule has 0 N–H and O–H groups in total. The molecule has 0 spiro atoms. The molecular formula is C15H12ClNO4. The number of hydrogen-bond donors (Lipinski definition) is 0. The van der Waals surface area contributed by atoms with Crippen molar-refractivity contribution in [3.63, 3.8) is 0 Å². The van der Waals surface area contributed by atoms with Crippen molar-refractivity contribution in [2.45, 2.75) is 13.8 Å². The topological polar surface area (TPSA) is 69.4 Å². The van der Waals surface area contributed by atoms with E-state index in [1.54, 1.807) is 12.1 Å². The monoisotopic (exact) mass is 305 g/mol. The van der Waals surface area contributed by atoms with Gasteiger partial charge in [-0.25, -0.2) is 0 Å². The Balaban J connectivity index is 2.46. The molecule has 0 fully saturated rings. The number of Topliss-reactive ketones (excluding diaryl/α,β-unsaturated/α-hetero) is 1. The lowest BCUT2D eigenvalue weighted by Gasteiger charge is -2.09. The molecule has 0 radical (unpaired) electrons. The molecule has 0 atom stereocenters. The lowest BCUT2D eigenvalue weighted by molar-refractivity contribution is -0.385. The first kappa shape index (κ1) is 15.0. The fourth-order valence-electron chi connectivity index (χ4n) is 1.77. The summed E-state index contributed by atoms with van der Waals surface area (Å²) in [6, 6.07) is 9.22. The van der Waals surface area contributed by atoms with E-state index in [0.717, 1.165) is 5.56 Å². The summed E-state index contributed by atoms with van der Waals surface area (Å²) in [4.78, 5) is 21.8. The van der Waals surface area contributed by atoms with Crippen molar-refractivity contribution >= 4 is 23.1 Å². The Labute approximate surface area is 126 Å². The highest BCUT2D eigenvalue weighted by Crippen LogP contribution is 2.35. The molecule has 2 aromatic rings. The highest BCUT2D eigenvalue weighted by Gasteiger charge is 2.19. The van der Waals surface area contributed by atoms with E-state index < -0.39 is 4.92 Å². The molecule has 5 nitrogen and oxygen atoms in total. The van der Waals surface area contributed by atoms with Crippen LogP contribution in [-0.2, 0) is 0 Å². The van der Waals surface area contributed by atoms with Gasteiger partial charge in [-0.2, -0.15) is 0 Å². The van der Waals surface area contributed by atoms with Gasteiger partial charge >= 0.3 is 5.69 Å². The smallest absolute Gasteiger partial charge is 0.312 e. The number of halogens is 1. The van der Waals surface area contributed by atoms with Crippen LogP contribution in [0.3, 0.4) is 0 Å². The average molecular weight is 306 g/mol. The number of carbonyl (C=O) groups is 1. The number of ether oxygens (including phenoxy) is 1. The van der Waals surface area contributed by atoms with Gasteiger partial charge in [0.05, 0.1) is 9.95 Å². The van der Waals surface area contributed by atoms with Crippen molar-refractivity contribution in [3.05, 3.63) is 62.7 Å². The molecule has 0 aliphatic heterocycles. The quantitative estimate of drug-likeness (QED) is 0.472. The number of carbonyl (C=O) groups excluding carboxylic acids is 1. The highest BCUT2D eigenvalue weighted by molar-refractivity contribution is 6.32. The number of nitro benzene ring substituents is 1. The second-order valence-corrected chi connectivity index (χ2v) is 4.94. The van der Waals surface area contributed by atoms with Gasteiger partial charge in [-0.3, -0.25) is 14.9 Å². The van der Waals surface area contributed by atoms with E-state index in [-0.39, 0.29) is 22.8 Å². The Morgan fingerprint density at radius 1 is 1.19 bits per heavy atom. The van der Waals surface area contributed by atoms with Crippen LogP contribution in [0.2, 0.25) is 5.02 Å². The Morgan fingerprint density at radius 3 is 2.52 bits per heavy atom. The highest BCUT2D eigenvalue weighted by atomic mass is 35.5. The van der Waals surface area contributed by atoms with Crippen LogP contribution in [0.15, 0.2) is 36.4 Å². The van der Waals surface area contributed by atoms with Crippen molar-refractivity contribution in [1.29, 1.82) is 0 Å². The zero-order valence-corrected chi connectivity index (χ0v) is 12.2. The second kappa shape index (κ2) is 5.93. The third-order valence-electron chi connectivity index (χ3n) is 2.87. The summed E-state index contributed by atoms with van der Waals surface area (Å²) in [5.41, 5.74) is 0.891. The molecule has 0 saturated heterocycles. The Hall–Kier alpha value is -2.40. The van der Waals surface area contributed by atoms with E-state index in [1.807, 2.05) is 13.0 Å². The lowest BCUT2D eigenvalue weighted by Crippen LogP contribution is -1.98. The predicted octanol–water partition coefficient (Wildman–Crippen LogP) is 4.55. The van der Waals surface area contributed by atoms with Gasteiger partial charge < -0.3 is 4.74 Å². The minimum atomic E-state index is -0.592. The van der Waals surface area contributed by atoms with E-state index >= 15 is 0 Å². The standard InChI is InChI=1S/C15H12ClNO4/c1-9-3-5-12(16)15(7-9)21-14-6-4-11(10(2)18)8-13(14)17(19)20/h3-8H,1-2H3. The Kier molecular flexibility index (Phi) is 4.23. The van der Waals surface area contributed by atoms with E-state index in [2.05, 4.69) is 0 Å². The Morgan fingerprint density at radius 2 is 1.90 bits per heavy atom. The molecule has 0 amide bonds. The van der Waals surface area contributed by atoms with E-state index in [9.17, 15) is 14.9 Å². The Bertz CT molecular complexity index is 728. The number of hydrogen-bond acceptors (Lipinski definition) is 4. The normalized spacial score (nSPS) is 10.2. The van der Waals surface area contributed by atoms with Crippen LogP contribution in [0.5, 0.6) is 11.5 Å². The number of benzene rings is 2. The minimum Gasteiger partial charge on any atom is -0.449 e. The molecule has 0 unspecified atom stereocenters. The average Bonchev–Trinajstić information content (AvgIpc) is 2.42. The van der Waals surface area contributed by atoms with Gasteiger partial charge in [0.2, 0.25) is 5.75 Å². The van der Waals surface area contributed by atoms with Crippen molar-refractivity contribution in [3.8, 4) is 11.5 Å². The molecule has 6 heteroatoms. The third-order valence-corrected chi connectivity index (χ3v) is 3.18. The van der Waals surface area contributed by atoms with E-state index in [1.165, 1.54) is 25.1 Å². The summed E-state index contributed by atoms with van der Waals surface area (Å²) in [5, 5.41) is 11.5. The number of ketones is 1. The van der Waals surface area contributed by atoms with Gasteiger partial charge in [0.25, 0.3) is 0 Å². The summed E-state index contributed by atoms with van der Waals surface area (Å²) in [7, 11) is 0. The largest absolute Gasteiger partial charge is 0.449 e. The van der Waals surface area contributed by atoms with Crippen molar-refractivity contribution in [2.24, 2.45) is 0 Å². The van der Waals surface area contributed by atoms with Gasteiger partial charge in [-0.1, -0.05) is 17.7 Å². The molecule has 0 aliphatic rings. The number of rotatable bonds is 4. The maximum Gasteiger partial charge on any atom is 0.312 e. The molecule has 0 aromatic heterocycles. The van der Waals surface area contributed by atoms with E-state index in [0.29, 0.717) is 10.8 Å². The van der Waals surface area contributed by atoms with Crippen molar-refractivity contribution < 1.29 is 14.5 Å². The van der Waals surface area contributed by atoms with Crippen LogP contribution >= 0.6 is 11.6 Å². The van der Waals surface area contributed by atoms with E-state index in [4.69, 9.17) is 16.3 Å². The van der Waals surface area contributed by atoms with Crippen LogP contribution < -0.4 is 4.74 Å². The third kappa shape index (κ3) is 3.38. The van der Waals surface area contributed by atoms with Crippen LogP contribution in [0, 0.1) is 17.0 Å². The van der Waals surface area contributed by atoms with Crippen LogP contribution in [0.25, 0.3) is 0 Å². The summed E-state index contributed by atoms with van der Waals surface area (Å²) in [5.74, 6) is 0.117. The summed E-state index contributed by atoms with van der Waals surface area (Å²) in [6.45, 7) is 3.20. The summed E-state index contributed by atoms with van der Waals surface area (Å²) < 4.78 is 5.53. The van der Waals surface area contributed by atoms with Crippen molar-refractivity contribution in [1.82, 2.24) is 0 Å². The van der Waals surface area contributed by atoms with Gasteiger partial charge in [-0.15, -0.1) is 0 Å². The molecule has 2 rings (SSSR count). The SMILES string of the molecule is CC(=O)c1ccc(Oc2cc(C)ccc2Cl)c([N+](=O)[O-])c1. The maximum atomic E-state index is 11.3. The molecule has 0 aliphatic carbocycles. The zero-order valence-electron chi connectivity index (χ0n) is 11.4. The molecular weight excluding hydrogens is 294 g/mol. The molecule has 21 heavy (non-hydrogen) atoms. The second-order valence-electron chi connectivity index (χ2n) is 4.53. The number of nitrogens with zero attached hydrogens (tertiary/aromatic N) is 1. The minimum absolute atomic E-state index is 0.0394. The van der Waals surface area contributed by atoms with Crippen LogP contribution in [-0.4, -0.2) is 10.7 Å². The summed E-state index contributed by atoms with van der Waals surface area (Å²) >= 11 is 6.01. The van der Waals surface area contributed by atoms with Crippen LogP contribution in [0.1, 0.15) is 22.8 Å². The number of aryl methyl sites for hydroxylation is 1. The molecule has 108 valence electrons. The molecule has 0 saturated carbocycles. The van der Waals surface area contributed by atoms with Crippen LogP contribution in [0.4, 0.5) is 5.69 Å². The first-order valence-electron chi connectivity index (χ1n) is 6.12. The molecule has 0 heterocycles. The fourth-order valence-corrected chi connectivity index (χ4v) is 1.93. The van der Waals surface area contributed by atoms with Gasteiger partial charge in [0.15, 0.2) is 5.78 Å².